The molecule has 0 unspecified atom stereocenters. The Kier molecular flexibility index (Phi) is 28.9. The van der Waals surface area contributed by atoms with Gasteiger partial charge in [0.05, 0.1) is 6.61 Å². The van der Waals surface area contributed by atoms with E-state index in [1.165, 1.54) is 86.5 Å². The van der Waals surface area contributed by atoms with Crippen LogP contribution in [0.2, 0.25) is 0 Å². The lowest BCUT2D eigenvalue weighted by molar-refractivity contribution is -0.128. The number of unbranched alkanes of at least 4 members (excludes halogenated alkanes) is 1. The van der Waals surface area contributed by atoms with Crippen LogP contribution in [0.1, 0.15) is 152 Å². The standard InChI is InChI=1S/C17H28.C15H26.C5H10O2/c1-15(2)9-7-10-16(3)11-8-14-17-12-5-4-6-13-17;1-6-14(4)10-8-12-15(5)11-7-9-13(2)3;1-2-3-4-7-5-6/h9,11-12H,4-8,10,13-14H2,1-3H3;9,12H,4,6-8,10-11H2,1-3,5H3;5H,2-4H2,1H3/b16-11+;15-12+;. The maximum Gasteiger partial charge on any atom is 0.293 e. The molecule has 0 saturated carbocycles. The molecule has 0 fully saturated rings. The highest BCUT2D eigenvalue weighted by atomic mass is 16.5. The van der Waals surface area contributed by atoms with E-state index in [0.29, 0.717) is 13.1 Å². The predicted octanol–water partition coefficient (Wildman–Crippen LogP) is 12.3. The van der Waals surface area contributed by atoms with Gasteiger partial charge in [0.2, 0.25) is 0 Å². The van der Waals surface area contributed by atoms with Gasteiger partial charge in [0, 0.05) is 0 Å². The van der Waals surface area contributed by atoms with Crippen molar-refractivity contribution >= 4 is 6.47 Å². The molecule has 0 aromatic rings. The lowest BCUT2D eigenvalue weighted by Crippen LogP contribution is -1.91. The summed E-state index contributed by atoms with van der Waals surface area (Å²) in [7, 11) is 0. The second-order valence-electron chi connectivity index (χ2n) is 11.4. The summed E-state index contributed by atoms with van der Waals surface area (Å²) in [5, 5.41) is 0. The highest BCUT2D eigenvalue weighted by Gasteiger charge is 2.02. The molecule has 0 aromatic carbocycles. The van der Waals surface area contributed by atoms with Crippen LogP contribution in [0.3, 0.4) is 0 Å². The molecule has 1 aliphatic carbocycles. The highest BCUT2D eigenvalue weighted by molar-refractivity contribution is 5.36. The molecule has 0 N–H and O–H groups in total. The zero-order chi connectivity index (χ0) is 29.7. The van der Waals surface area contributed by atoms with E-state index in [9.17, 15) is 4.79 Å². The quantitative estimate of drug-likeness (QED) is 0.104. The van der Waals surface area contributed by atoms with Crippen LogP contribution in [0.25, 0.3) is 0 Å². The molecule has 0 atom stereocenters. The fourth-order valence-corrected chi connectivity index (χ4v) is 3.99. The van der Waals surface area contributed by atoms with Crippen LogP contribution in [-0.4, -0.2) is 13.1 Å². The molecule has 0 bridgehead atoms. The summed E-state index contributed by atoms with van der Waals surface area (Å²) in [4.78, 5) is 9.46. The van der Waals surface area contributed by atoms with E-state index in [4.69, 9.17) is 0 Å². The Hall–Kier alpha value is -2.09. The molecule has 0 aliphatic heterocycles. The summed E-state index contributed by atoms with van der Waals surface area (Å²) >= 11 is 0. The molecular formula is C37H64O2. The molecular weight excluding hydrogens is 476 g/mol. The summed E-state index contributed by atoms with van der Waals surface area (Å²) in [6.45, 7) is 22.5. The Balaban J connectivity index is 0. The number of ether oxygens (including phenoxy) is 1. The van der Waals surface area contributed by atoms with E-state index >= 15 is 0 Å². The third-order valence-corrected chi connectivity index (χ3v) is 6.70. The van der Waals surface area contributed by atoms with Crippen molar-refractivity contribution in [3.63, 3.8) is 0 Å². The first-order chi connectivity index (χ1) is 18.7. The number of carbonyl (C=O) groups excluding carboxylic acids is 1. The summed E-state index contributed by atoms with van der Waals surface area (Å²) in [6.07, 6.45) is 30.2. The maximum atomic E-state index is 9.46. The van der Waals surface area contributed by atoms with Gasteiger partial charge in [-0.05, 0) is 131 Å². The molecule has 2 heteroatoms. The van der Waals surface area contributed by atoms with Crippen LogP contribution in [0.5, 0.6) is 0 Å². The minimum atomic E-state index is 0.482. The van der Waals surface area contributed by atoms with Crippen molar-refractivity contribution in [2.75, 3.05) is 6.61 Å². The second-order valence-corrected chi connectivity index (χ2v) is 11.4. The van der Waals surface area contributed by atoms with Crippen LogP contribution >= 0.6 is 0 Å². The van der Waals surface area contributed by atoms with Crippen molar-refractivity contribution in [3.05, 3.63) is 70.4 Å². The van der Waals surface area contributed by atoms with Gasteiger partial charge in [0.1, 0.15) is 0 Å². The Labute approximate surface area is 244 Å². The van der Waals surface area contributed by atoms with Crippen LogP contribution in [0, 0.1) is 0 Å². The summed E-state index contributed by atoms with van der Waals surface area (Å²) < 4.78 is 4.39. The van der Waals surface area contributed by atoms with Crippen molar-refractivity contribution in [3.8, 4) is 0 Å². The molecule has 0 radical (unpaired) electrons. The van der Waals surface area contributed by atoms with E-state index < -0.39 is 0 Å². The normalized spacial score (nSPS) is 13.1. The summed E-state index contributed by atoms with van der Waals surface area (Å²) in [5.41, 5.74) is 8.98. The fourth-order valence-electron chi connectivity index (χ4n) is 3.99. The number of hydrogen-bond acceptors (Lipinski definition) is 2. The smallest absolute Gasteiger partial charge is 0.293 e. The Bertz CT molecular complexity index is 765. The average molecular weight is 541 g/mol. The van der Waals surface area contributed by atoms with Gasteiger partial charge in [0.15, 0.2) is 0 Å². The van der Waals surface area contributed by atoms with Gasteiger partial charge in [-0.1, -0.05) is 90.7 Å². The average Bonchev–Trinajstić information content (AvgIpc) is 2.90. The fraction of sp³-hybridized carbons (Fsp3) is 0.649. The molecule has 1 aliphatic rings. The molecule has 1 rings (SSSR count). The van der Waals surface area contributed by atoms with E-state index in [2.05, 4.69) is 90.2 Å². The third kappa shape index (κ3) is 32.0. The van der Waals surface area contributed by atoms with Crippen molar-refractivity contribution < 1.29 is 9.53 Å². The maximum absolute atomic E-state index is 9.46. The lowest BCUT2D eigenvalue weighted by Gasteiger charge is -2.11. The Morgan fingerprint density at radius 1 is 0.821 bits per heavy atom. The van der Waals surface area contributed by atoms with Crippen molar-refractivity contribution in [2.45, 2.75) is 152 Å². The molecule has 224 valence electrons. The van der Waals surface area contributed by atoms with Gasteiger partial charge >= 0.3 is 0 Å². The predicted molar refractivity (Wildman–Crippen MR) is 176 cm³/mol. The van der Waals surface area contributed by atoms with E-state index in [1.54, 1.807) is 11.1 Å². The van der Waals surface area contributed by atoms with Crippen molar-refractivity contribution in [2.24, 2.45) is 0 Å². The van der Waals surface area contributed by atoms with Crippen LogP contribution in [-0.2, 0) is 9.53 Å². The summed E-state index contributed by atoms with van der Waals surface area (Å²) in [5.74, 6) is 0. The first-order valence-electron chi connectivity index (χ1n) is 15.6. The molecule has 0 saturated heterocycles. The number of carbonyl (C=O) groups is 1. The lowest BCUT2D eigenvalue weighted by atomic mass is 9.95. The Morgan fingerprint density at radius 2 is 1.38 bits per heavy atom. The van der Waals surface area contributed by atoms with Gasteiger partial charge in [-0.2, -0.15) is 0 Å². The minimum Gasteiger partial charge on any atom is -0.468 e. The van der Waals surface area contributed by atoms with Crippen LogP contribution in [0.4, 0.5) is 0 Å². The van der Waals surface area contributed by atoms with Crippen LogP contribution in [0.15, 0.2) is 70.4 Å². The van der Waals surface area contributed by atoms with E-state index in [-0.39, 0.29) is 0 Å². The molecule has 0 aromatic heterocycles. The topological polar surface area (TPSA) is 26.3 Å². The first kappa shape index (κ1) is 39.1. The van der Waals surface area contributed by atoms with E-state index in [0.717, 1.165) is 32.1 Å². The summed E-state index contributed by atoms with van der Waals surface area (Å²) in [6, 6.07) is 0. The number of rotatable bonds is 17. The Morgan fingerprint density at radius 3 is 1.85 bits per heavy atom. The van der Waals surface area contributed by atoms with Crippen molar-refractivity contribution in [1.29, 1.82) is 0 Å². The monoisotopic (exact) mass is 540 g/mol. The zero-order valence-electron chi connectivity index (χ0n) is 27.3. The number of allylic oxidation sites excluding steroid dienone is 11. The van der Waals surface area contributed by atoms with E-state index in [1.807, 2.05) is 6.92 Å². The van der Waals surface area contributed by atoms with Crippen molar-refractivity contribution in [1.82, 2.24) is 0 Å². The molecule has 0 amide bonds. The van der Waals surface area contributed by atoms with Gasteiger partial charge in [0.25, 0.3) is 6.47 Å². The highest BCUT2D eigenvalue weighted by Crippen LogP contribution is 2.22. The zero-order valence-corrected chi connectivity index (χ0v) is 27.3. The van der Waals surface area contributed by atoms with Gasteiger partial charge in [-0.3, -0.25) is 4.79 Å². The molecule has 0 spiro atoms. The second kappa shape index (κ2) is 28.9. The molecule has 2 nitrogen and oxygen atoms in total. The van der Waals surface area contributed by atoms with Gasteiger partial charge < -0.3 is 4.74 Å². The first-order valence-corrected chi connectivity index (χ1v) is 15.6. The van der Waals surface area contributed by atoms with Gasteiger partial charge in [-0.25, -0.2) is 0 Å². The molecule has 0 heterocycles. The van der Waals surface area contributed by atoms with Gasteiger partial charge in [-0.15, -0.1) is 0 Å². The largest absolute Gasteiger partial charge is 0.468 e. The van der Waals surface area contributed by atoms with Crippen LogP contribution < -0.4 is 0 Å². The minimum absolute atomic E-state index is 0.482. The molecule has 39 heavy (non-hydrogen) atoms. The SMILES string of the molecule is C=C(CC)CC/C=C(\C)CCC=C(C)C.CC(C)=CCC/C(C)=C/CCC1=CCCCC1.CCCCOC=O. The number of hydrogen-bond donors (Lipinski definition) is 0. The third-order valence-electron chi connectivity index (χ3n) is 6.70.